The first-order valence-electron chi connectivity index (χ1n) is 5.91. The lowest BCUT2D eigenvalue weighted by Gasteiger charge is -2.34. The Morgan fingerprint density at radius 3 is 3.00 bits per heavy atom. The van der Waals surface area contributed by atoms with Crippen LogP contribution >= 0.6 is 0 Å². The molecule has 16 heavy (non-hydrogen) atoms. The molecule has 3 heterocycles. The van der Waals surface area contributed by atoms with Gasteiger partial charge in [-0.25, -0.2) is 4.98 Å². The van der Waals surface area contributed by atoms with Crippen molar-refractivity contribution in [2.45, 2.75) is 24.7 Å². The second kappa shape index (κ2) is 3.57. The van der Waals surface area contributed by atoms with Gasteiger partial charge in [-0.1, -0.05) is 6.07 Å². The van der Waals surface area contributed by atoms with Gasteiger partial charge in [0.25, 0.3) is 0 Å². The normalized spacial score (nSPS) is 32.3. The van der Waals surface area contributed by atoms with E-state index in [2.05, 4.69) is 22.0 Å². The smallest absolute Gasteiger partial charge is 0.140 e. The standard InChI is InChI=1S/C13H15N3/c14-8-12-3-2-11(9-15-12)13-4-1-6-16(10-13)7-5-13/h2-3,9H,1,4-7,10H2. The summed E-state index contributed by atoms with van der Waals surface area (Å²) in [4.78, 5) is 6.75. The van der Waals surface area contributed by atoms with E-state index >= 15 is 0 Å². The first kappa shape index (κ1) is 9.80. The van der Waals surface area contributed by atoms with Crippen LogP contribution in [0.15, 0.2) is 18.3 Å². The van der Waals surface area contributed by atoms with Crippen LogP contribution < -0.4 is 0 Å². The van der Waals surface area contributed by atoms with Gasteiger partial charge in [0, 0.05) is 18.2 Å². The molecule has 1 aromatic rings. The zero-order chi connectivity index (χ0) is 11.0. The molecule has 0 N–H and O–H groups in total. The molecular weight excluding hydrogens is 198 g/mol. The molecule has 0 amide bonds. The Morgan fingerprint density at radius 2 is 2.25 bits per heavy atom. The average Bonchev–Trinajstić information content (AvgIpc) is 2.66. The highest BCUT2D eigenvalue weighted by Crippen LogP contribution is 2.41. The van der Waals surface area contributed by atoms with Gasteiger partial charge in [-0.05, 0) is 44.0 Å². The van der Waals surface area contributed by atoms with Crippen molar-refractivity contribution in [1.29, 1.82) is 5.26 Å². The fourth-order valence-corrected chi connectivity index (χ4v) is 3.15. The summed E-state index contributed by atoms with van der Waals surface area (Å²) in [5, 5.41) is 8.75. The molecule has 2 aliphatic heterocycles. The van der Waals surface area contributed by atoms with Crippen molar-refractivity contribution in [3.8, 4) is 6.07 Å². The highest BCUT2D eigenvalue weighted by Gasteiger charge is 2.42. The number of pyridine rings is 1. The summed E-state index contributed by atoms with van der Waals surface area (Å²) in [5.41, 5.74) is 2.18. The van der Waals surface area contributed by atoms with E-state index < -0.39 is 0 Å². The summed E-state index contributed by atoms with van der Waals surface area (Å²) in [5.74, 6) is 0. The highest BCUT2D eigenvalue weighted by atomic mass is 15.2. The molecule has 3 rings (SSSR count). The van der Waals surface area contributed by atoms with Gasteiger partial charge in [-0.2, -0.15) is 5.26 Å². The molecule has 3 nitrogen and oxygen atoms in total. The molecule has 2 aliphatic rings. The Hall–Kier alpha value is -1.40. The lowest BCUT2D eigenvalue weighted by Crippen LogP contribution is -2.36. The minimum Gasteiger partial charge on any atom is -0.302 e. The molecule has 0 aromatic carbocycles. The van der Waals surface area contributed by atoms with E-state index in [9.17, 15) is 0 Å². The van der Waals surface area contributed by atoms with Crippen molar-refractivity contribution in [2.24, 2.45) is 0 Å². The minimum atomic E-state index is 0.333. The Bertz CT molecular complexity index is 427. The molecule has 1 aromatic heterocycles. The number of piperidine rings is 1. The SMILES string of the molecule is N#Cc1ccc(C23CCCN(CC2)C3)cn1. The molecule has 0 spiro atoms. The van der Waals surface area contributed by atoms with E-state index in [0.29, 0.717) is 11.1 Å². The molecule has 3 heteroatoms. The number of rotatable bonds is 1. The first-order chi connectivity index (χ1) is 7.82. The van der Waals surface area contributed by atoms with E-state index in [1.165, 1.54) is 44.5 Å². The van der Waals surface area contributed by atoms with E-state index in [1.54, 1.807) is 0 Å². The van der Waals surface area contributed by atoms with Gasteiger partial charge in [-0.15, -0.1) is 0 Å². The largest absolute Gasteiger partial charge is 0.302 e. The van der Waals surface area contributed by atoms with Crippen molar-refractivity contribution >= 4 is 0 Å². The van der Waals surface area contributed by atoms with Crippen LogP contribution in [-0.4, -0.2) is 29.5 Å². The number of nitrogens with zero attached hydrogens (tertiary/aromatic N) is 3. The molecule has 0 aliphatic carbocycles. The zero-order valence-corrected chi connectivity index (χ0v) is 9.32. The van der Waals surface area contributed by atoms with Crippen LogP contribution in [-0.2, 0) is 5.41 Å². The summed E-state index contributed by atoms with van der Waals surface area (Å²) in [6.07, 6.45) is 5.73. The predicted octanol–water partition coefficient (Wildman–Crippen LogP) is 1.69. The highest BCUT2D eigenvalue weighted by molar-refractivity contribution is 5.30. The fourth-order valence-electron chi connectivity index (χ4n) is 3.15. The van der Waals surface area contributed by atoms with Gasteiger partial charge in [-0.3, -0.25) is 0 Å². The molecule has 0 saturated carbocycles. The van der Waals surface area contributed by atoms with Crippen molar-refractivity contribution in [3.63, 3.8) is 0 Å². The van der Waals surface area contributed by atoms with Crippen molar-refractivity contribution in [2.75, 3.05) is 19.6 Å². The summed E-state index contributed by atoms with van der Waals surface area (Å²) in [6, 6.07) is 6.02. The Kier molecular flexibility index (Phi) is 2.19. The second-order valence-electron chi connectivity index (χ2n) is 4.95. The van der Waals surface area contributed by atoms with Gasteiger partial charge in [0.1, 0.15) is 11.8 Å². The summed E-state index contributed by atoms with van der Waals surface area (Å²) < 4.78 is 0. The first-order valence-corrected chi connectivity index (χ1v) is 5.91. The zero-order valence-electron chi connectivity index (χ0n) is 9.32. The maximum absolute atomic E-state index is 8.75. The maximum atomic E-state index is 8.75. The number of fused-ring (bicyclic) bond motifs is 2. The van der Waals surface area contributed by atoms with Gasteiger partial charge in [0.15, 0.2) is 0 Å². The third-order valence-corrected chi connectivity index (χ3v) is 4.05. The van der Waals surface area contributed by atoms with Crippen molar-refractivity contribution in [1.82, 2.24) is 9.88 Å². The summed E-state index contributed by atoms with van der Waals surface area (Å²) >= 11 is 0. The molecule has 2 unspecified atom stereocenters. The molecule has 82 valence electrons. The third-order valence-electron chi connectivity index (χ3n) is 4.05. The van der Waals surface area contributed by atoms with E-state index in [0.717, 1.165) is 0 Å². The lowest BCUT2D eigenvalue weighted by molar-refractivity contribution is 0.243. The number of hydrogen-bond acceptors (Lipinski definition) is 3. The Morgan fingerprint density at radius 1 is 1.31 bits per heavy atom. The van der Waals surface area contributed by atoms with E-state index in [1.807, 2.05) is 12.3 Å². The van der Waals surface area contributed by atoms with Crippen LogP contribution in [0.5, 0.6) is 0 Å². The monoisotopic (exact) mass is 213 g/mol. The van der Waals surface area contributed by atoms with Crippen LogP contribution in [0.4, 0.5) is 0 Å². The predicted molar refractivity (Wildman–Crippen MR) is 60.9 cm³/mol. The van der Waals surface area contributed by atoms with Gasteiger partial charge in [0.05, 0.1) is 0 Å². The summed E-state index contributed by atoms with van der Waals surface area (Å²) in [7, 11) is 0. The van der Waals surface area contributed by atoms with Crippen LogP contribution in [0, 0.1) is 11.3 Å². The molecule has 0 radical (unpaired) electrons. The minimum absolute atomic E-state index is 0.333. The van der Waals surface area contributed by atoms with E-state index in [4.69, 9.17) is 5.26 Å². The Labute approximate surface area is 95.7 Å². The number of nitriles is 1. The van der Waals surface area contributed by atoms with Gasteiger partial charge in [0.2, 0.25) is 0 Å². The molecule has 2 atom stereocenters. The van der Waals surface area contributed by atoms with Crippen LogP contribution in [0.3, 0.4) is 0 Å². The third kappa shape index (κ3) is 1.42. The van der Waals surface area contributed by atoms with E-state index in [-0.39, 0.29) is 0 Å². The van der Waals surface area contributed by atoms with Crippen molar-refractivity contribution in [3.05, 3.63) is 29.6 Å². The lowest BCUT2D eigenvalue weighted by atomic mass is 9.75. The van der Waals surface area contributed by atoms with Crippen LogP contribution in [0.1, 0.15) is 30.5 Å². The molecule has 2 bridgehead atoms. The quantitative estimate of drug-likeness (QED) is 0.712. The Balaban J connectivity index is 1.94. The second-order valence-corrected chi connectivity index (χ2v) is 4.95. The molecule has 2 saturated heterocycles. The van der Waals surface area contributed by atoms with Gasteiger partial charge < -0.3 is 4.90 Å². The molecule has 2 fully saturated rings. The maximum Gasteiger partial charge on any atom is 0.140 e. The van der Waals surface area contributed by atoms with Crippen LogP contribution in [0.25, 0.3) is 0 Å². The van der Waals surface area contributed by atoms with Gasteiger partial charge >= 0.3 is 0 Å². The van der Waals surface area contributed by atoms with Crippen molar-refractivity contribution < 1.29 is 0 Å². The number of aromatic nitrogens is 1. The average molecular weight is 213 g/mol. The topological polar surface area (TPSA) is 39.9 Å². The molecular formula is C13H15N3. The fraction of sp³-hybridized carbons (Fsp3) is 0.538. The summed E-state index contributed by atoms with van der Waals surface area (Å²) in [6.45, 7) is 3.66. The van der Waals surface area contributed by atoms with Crippen LogP contribution in [0.2, 0.25) is 0 Å². The number of hydrogen-bond donors (Lipinski definition) is 0.